The predicted molar refractivity (Wildman–Crippen MR) is 330 cm³/mol. The Bertz CT molecular complexity index is 3210. The van der Waals surface area contributed by atoms with E-state index >= 15 is 0 Å². The van der Waals surface area contributed by atoms with Crippen molar-refractivity contribution in [2.24, 2.45) is 15.4 Å². The molecule has 1 aliphatic rings. The van der Waals surface area contributed by atoms with Gasteiger partial charge in [0.25, 0.3) is 0 Å². The normalized spacial score (nSPS) is 12.0. The van der Waals surface area contributed by atoms with Crippen molar-refractivity contribution in [3.05, 3.63) is 182 Å². The summed E-state index contributed by atoms with van der Waals surface area (Å²) in [5.74, 6) is 2.03. The van der Waals surface area contributed by atoms with E-state index in [-0.39, 0.29) is 65.5 Å². The van der Waals surface area contributed by atoms with Crippen LogP contribution in [0.1, 0.15) is 135 Å². The van der Waals surface area contributed by atoms with Crippen LogP contribution in [0.25, 0.3) is 0 Å². The Hall–Kier alpha value is -4.34. The monoisotopic (exact) mass is 1320 g/mol. The van der Waals surface area contributed by atoms with Crippen LogP contribution in [0.4, 0.5) is 0 Å². The molecule has 1 fully saturated rings. The van der Waals surface area contributed by atoms with Crippen molar-refractivity contribution in [3.8, 4) is 17.2 Å². The number of carbonyl (C=O) groups excluding carboxylic acids is 2. The van der Waals surface area contributed by atoms with E-state index in [2.05, 4.69) is 50.5 Å². The molecule has 1 aliphatic heterocycles. The zero-order valence-corrected chi connectivity index (χ0v) is 53.7. The minimum Gasteiger partial charge on any atom is -0.494 e. The Balaban J connectivity index is 0.000000541. The molecule has 0 saturated carbocycles. The van der Waals surface area contributed by atoms with Crippen LogP contribution in [0.15, 0.2) is 147 Å². The van der Waals surface area contributed by atoms with Gasteiger partial charge in [-0.1, -0.05) is 128 Å². The SMILES string of the molecule is C1CCOC1.CCCCOc1ccc(Br)cc1.CCCCOc1ccc(C(=O)c2ccc(Cl)c(S(N)(=O)=O)c2)cc1.CCCCOc1ccc(C(O)c2ccc(Cl)c(S(N)(=O)=O)c2)cc1.NS(=O)(=O)c1cc(C=O)ccc1Cl.[CH2-]CCC.[Li+]. The number of halogens is 4. The van der Waals surface area contributed by atoms with E-state index in [1.54, 1.807) is 54.6 Å². The van der Waals surface area contributed by atoms with Crippen molar-refractivity contribution >= 4 is 92.9 Å². The van der Waals surface area contributed by atoms with Gasteiger partial charge < -0.3 is 31.0 Å². The molecule has 83 heavy (non-hydrogen) atoms. The topological polar surface area (TPSA) is 272 Å². The molecule has 6 aromatic rings. The average Bonchev–Trinajstić information content (AvgIpc) is 4.11. The molecule has 0 spiro atoms. The molecule has 0 bridgehead atoms. The summed E-state index contributed by atoms with van der Waals surface area (Å²) >= 11 is 20.6. The first-order chi connectivity index (χ1) is 38.8. The molecule has 1 unspecified atom stereocenters. The molecule has 1 heterocycles. The van der Waals surface area contributed by atoms with E-state index in [1.165, 1.54) is 68.1 Å². The fraction of sp³-hybridized carbons (Fsp3) is 0.339. The third-order valence-electron chi connectivity index (χ3n) is 11.1. The van der Waals surface area contributed by atoms with Crippen molar-refractivity contribution < 1.29 is 77.8 Å². The number of aldehydes is 1. The summed E-state index contributed by atoms with van der Waals surface area (Å²) in [6.45, 7) is 16.1. The van der Waals surface area contributed by atoms with Gasteiger partial charge in [0.2, 0.25) is 30.1 Å². The standard InChI is InChI=1S/C17H20ClNO4S.C17H18ClNO4S.C10H13BrO.C7H6ClNO3S.C4H8O.C4H9.Li/c2*1-2-3-10-23-14-7-4-12(5-8-14)17(20)13-6-9-15(18)16(11-13)24(19,21)22;1-2-3-8-12-10-6-4-9(11)5-7-10;8-6-2-1-5(4-10)3-7(6)13(9,11)12;1-2-4-5-3-1;1-3-4-2;/h4-9,11,17,20H,2-3,10H2,1H3,(H2,19,21,22);4-9,11H,2-3,10H2,1H3,(H2,19,21,22);4-7H,2-3,8H2,1H3;1-4H,(H2,9,11,12);1-4H2;1,3-4H2,2H3;/q;;;;;-1;+1. The van der Waals surface area contributed by atoms with Gasteiger partial charge in [-0.3, -0.25) is 9.59 Å². The summed E-state index contributed by atoms with van der Waals surface area (Å²) in [5.41, 5.74) is 1.83. The molecule has 16 nitrogen and oxygen atoms in total. The minimum atomic E-state index is -4.00. The number of ether oxygens (including phenoxy) is 4. The number of aliphatic hydroxyl groups is 1. The van der Waals surface area contributed by atoms with E-state index in [0.717, 1.165) is 80.4 Å². The molecule has 7 N–H and O–H groups in total. The van der Waals surface area contributed by atoms with Gasteiger partial charge in [-0.25, -0.2) is 40.7 Å². The smallest absolute Gasteiger partial charge is 0.494 e. The molecule has 1 atom stereocenters. The maximum Gasteiger partial charge on any atom is 1.00 e. The Labute approximate surface area is 526 Å². The van der Waals surface area contributed by atoms with Crippen molar-refractivity contribution in [1.29, 1.82) is 0 Å². The van der Waals surface area contributed by atoms with Gasteiger partial charge in [0.1, 0.15) is 44.3 Å². The molecule has 0 aromatic heterocycles. The van der Waals surface area contributed by atoms with Crippen LogP contribution in [-0.4, -0.2) is 75.5 Å². The maximum atomic E-state index is 12.5. The van der Waals surface area contributed by atoms with E-state index in [4.69, 9.17) is 69.2 Å². The number of primary sulfonamides is 3. The molecular formula is C59H74BrCl3LiN3O13S3. The molecule has 0 amide bonds. The summed E-state index contributed by atoms with van der Waals surface area (Å²) in [7, 11) is -11.8. The second-order valence-electron chi connectivity index (χ2n) is 17.8. The predicted octanol–water partition coefficient (Wildman–Crippen LogP) is 10.5. The van der Waals surface area contributed by atoms with Crippen molar-refractivity contribution in [2.75, 3.05) is 33.0 Å². The van der Waals surface area contributed by atoms with Crippen LogP contribution < -0.4 is 48.5 Å². The Morgan fingerprint density at radius 2 is 0.940 bits per heavy atom. The van der Waals surface area contributed by atoms with Crippen LogP contribution in [-0.2, 0) is 34.8 Å². The molecule has 450 valence electrons. The first-order valence-electron chi connectivity index (χ1n) is 26.2. The molecule has 0 radical (unpaired) electrons. The minimum absolute atomic E-state index is 0. The van der Waals surface area contributed by atoms with Crippen molar-refractivity contribution in [1.82, 2.24) is 0 Å². The van der Waals surface area contributed by atoms with E-state index in [9.17, 15) is 39.9 Å². The number of hydrogen-bond donors (Lipinski definition) is 4. The Morgan fingerprint density at radius 3 is 1.33 bits per heavy atom. The number of sulfonamides is 3. The number of carbonyl (C=O) groups is 2. The quantitative estimate of drug-likeness (QED) is 0.0172. The van der Waals surface area contributed by atoms with Crippen LogP contribution in [0, 0.1) is 6.92 Å². The van der Waals surface area contributed by atoms with E-state index in [0.29, 0.717) is 41.9 Å². The number of ketones is 1. The van der Waals surface area contributed by atoms with Crippen LogP contribution in [0.3, 0.4) is 0 Å². The molecule has 1 saturated heterocycles. The van der Waals surface area contributed by atoms with Gasteiger partial charge in [-0.2, -0.15) is 6.42 Å². The molecule has 6 aromatic carbocycles. The number of aliphatic hydroxyl groups excluding tert-OH is 1. The van der Waals surface area contributed by atoms with Gasteiger partial charge in [0.05, 0.1) is 34.9 Å². The molecule has 24 heteroatoms. The third kappa shape index (κ3) is 30.0. The van der Waals surface area contributed by atoms with E-state index < -0.39 is 36.2 Å². The van der Waals surface area contributed by atoms with Gasteiger partial charge in [0.15, 0.2) is 5.78 Å². The Morgan fingerprint density at radius 1 is 0.578 bits per heavy atom. The number of nitrogens with two attached hydrogens (primary N) is 3. The van der Waals surface area contributed by atoms with Crippen LogP contribution in [0.2, 0.25) is 15.1 Å². The summed E-state index contributed by atoms with van der Waals surface area (Å²) in [5, 5.41) is 25.6. The summed E-state index contributed by atoms with van der Waals surface area (Å²) in [6.07, 6.45) is 10.7. The number of hydrogen-bond acceptors (Lipinski definition) is 13. The second-order valence-corrected chi connectivity index (χ2v) is 24.6. The van der Waals surface area contributed by atoms with Crippen LogP contribution in [0.5, 0.6) is 17.2 Å². The molecule has 0 aliphatic carbocycles. The first-order valence-corrected chi connectivity index (χ1v) is 32.8. The van der Waals surface area contributed by atoms with Gasteiger partial charge >= 0.3 is 18.9 Å². The van der Waals surface area contributed by atoms with Crippen LogP contribution >= 0.6 is 50.7 Å². The zero-order valence-electron chi connectivity index (χ0n) is 47.4. The van der Waals surface area contributed by atoms with Gasteiger partial charge in [-0.15, -0.1) is 0 Å². The second kappa shape index (κ2) is 40.9. The fourth-order valence-electron chi connectivity index (χ4n) is 6.43. The summed E-state index contributed by atoms with van der Waals surface area (Å²) in [6, 6.07) is 33.7. The number of benzene rings is 6. The Kier molecular flexibility index (Phi) is 37.8. The average molecular weight is 1320 g/mol. The first kappa shape index (κ1) is 76.7. The number of unbranched alkanes of at least 4 members (excludes halogenated alkanes) is 4. The fourth-order valence-corrected chi connectivity index (χ4v) is 9.93. The zero-order chi connectivity index (χ0) is 61.3. The molecule has 7 rings (SSSR count). The van der Waals surface area contributed by atoms with Gasteiger partial charge in [-0.05, 0) is 146 Å². The maximum absolute atomic E-state index is 12.5. The summed E-state index contributed by atoms with van der Waals surface area (Å²) in [4.78, 5) is 22.1. The largest absolute Gasteiger partial charge is 1.00 e. The van der Waals surface area contributed by atoms with Crippen molar-refractivity contribution in [3.63, 3.8) is 0 Å². The number of rotatable bonds is 21. The third-order valence-corrected chi connectivity index (χ3v) is 15.8. The van der Waals surface area contributed by atoms with Gasteiger partial charge in [0, 0.05) is 34.4 Å². The van der Waals surface area contributed by atoms with Crippen molar-refractivity contribution in [2.45, 2.75) is 113 Å². The summed E-state index contributed by atoms with van der Waals surface area (Å²) < 4.78 is 90.5. The molecular weight excluding hydrogens is 1250 g/mol. The van der Waals surface area contributed by atoms with E-state index in [1.807, 2.05) is 24.3 Å².